The molecule has 0 saturated carbocycles. The first kappa shape index (κ1) is 13.3. The number of carbonyl (C=O) groups excluding carboxylic acids is 1. The number of rotatable bonds is 1. The molecule has 18 heavy (non-hydrogen) atoms. The third-order valence-corrected chi connectivity index (χ3v) is 4.58. The van der Waals surface area contributed by atoms with Crippen LogP contribution in [0.3, 0.4) is 0 Å². The molecule has 1 amide bonds. The highest BCUT2D eigenvalue weighted by Crippen LogP contribution is 2.25. The first-order valence-corrected chi connectivity index (χ1v) is 6.93. The molecule has 1 aliphatic heterocycles. The Kier molecular flexibility index (Phi) is 3.61. The third kappa shape index (κ3) is 2.11. The molecule has 5 heteroatoms. The Balaban J connectivity index is 2.41. The largest absolute Gasteiger partial charge is 0.363 e. The van der Waals surface area contributed by atoms with Crippen LogP contribution in [0.25, 0.3) is 0 Å². The summed E-state index contributed by atoms with van der Waals surface area (Å²) in [5.74, 6) is -0.172. The summed E-state index contributed by atoms with van der Waals surface area (Å²) < 4.78 is 0.438. The lowest BCUT2D eigenvalue weighted by molar-refractivity contribution is 0.0691. The van der Waals surface area contributed by atoms with Gasteiger partial charge in [-0.05, 0) is 49.5 Å². The SMILES string of the molecule is Cc1[nH]cc(C(=O)N2C(C)CCC2C)c(=O)c1Br. The molecule has 0 bridgehead atoms. The molecule has 0 aliphatic carbocycles. The molecule has 0 radical (unpaired) electrons. The number of pyridine rings is 1. The number of aromatic amines is 1. The Morgan fingerprint density at radius 3 is 2.50 bits per heavy atom. The molecule has 0 spiro atoms. The molecule has 0 aromatic carbocycles. The normalized spacial score (nSPS) is 23.4. The fraction of sp³-hybridized carbons (Fsp3) is 0.538. The van der Waals surface area contributed by atoms with Crippen molar-refractivity contribution in [2.45, 2.75) is 45.7 Å². The number of H-pyrrole nitrogens is 1. The molecule has 2 heterocycles. The molecular formula is C13H17BrN2O2. The summed E-state index contributed by atoms with van der Waals surface area (Å²) in [6, 6.07) is 0.402. The van der Waals surface area contributed by atoms with Crippen molar-refractivity contribution in [1.82, 2.24) is 9.88 Å². The number of aromatic nitrogens is 1. The zero-order chi connectivity index (χ0) is 13.4. The minimum absolute atomic E-state index is 0.172. The molecule has 2 unspecified atom stereocenters. The molecule has 1 fully saturated rings. The second kappa shape index (κ2) is 4.88. The van der Waals surface area contributed by atoms with Crippen LogP contribution in [0.15, 0.2) is 15.5 Å². The molecule has 1 aromatic heterocycles. The first-order valence-electron chi connectivity index (χ1n) is 6.14. The Hall–Kier alpha value is -1.10. The number of amides is 1. The van der Waals surface area contributed by atoms with Crippen LogP contribution >= 0.6 is 15.9 Å². The van der Waals surface area contributed by atoms with Gasteiger partial charge in [0.1, 0.15) is 5.56 Å². The second-order valence-corrected chi connectivity index (χ2v) is 5.75. The van der Waals surface area contributed by atoms with E-state index in [1.807, 2.05) is 18.7 Å². The van der Waals surface area contributed by atoms with Gasteiger partial charge in [0.15, 0.2) is 0 Å². The van der Waals surface area contributed by atoms with Crippen molar-refractivity contribution in [1.29, 1.82) is 0 Å². The number of aryl methyl sites for hydroxylation is 1. The zero-order valence-electron chi connectivity index (χ0n) is 10.8. The minimum Gasteiger partial charge on any atom is -0.363 e. The van der Waals surface area contributed by atoms with Crippen LogP contribution in [0, 0.1) is 6.92 Å². The van der Waals surface area contributed by atoms with E-state index in [1.165, 1.54) is 6.20 Å². The Morgan fingerprint density at radius 1 is 1.39 bits per heavy atom. The Labute approximate surface area is 115 Å². The third-order valence-electron chi connectivity index (χ3n) is 3.62. The quantitative estimate of drug-likeness (QED) is 0.866. The van der Waals surface area contributed by atoms with Crippen molar-refractivity contribution in [3.8, 4) is 0 Å². The summed E-state index contributed by atoms with van der Waals surface area (Å²) in [4.78, 5) is 29.3. The van der Waals surface area contributed by atoms with E-state index in [-0.39, 0.29) is 29.0 Å². The Bertz CT molecular complexity index is 528. The van der Waals surface area contributed by atoms with Gasteiger partial charge in [0.05, 0.1) is 4.47 Å². The number of halogens is 1. The summed E-state index contributed by atoms with van der Waals surface area (Å²) in [5.41, 5.74) is 0.717. The van der Waals surface area contributed by atoms with E-state index in [2.05, 4.69) is 20.9 Å². The summed E-state index contributed by atoms with van der Waals surface area (Å²) in [6.07, 6.45) is 3.51. The molecule has 4 nitrogen and oxygen atoms in total. The van der Waals surface area contributed by atoms with Gasteiger partial charge < -0.3 is 9.88 Å². The summed E-state index contributed by atoms with van der Waals surface area (Å²) >= 11 is 3.22. The van der Waals surface area contributed by atoms with E-state index in [0.717, 1.165) is 18.5 Å². The van der Waals surface area contributed by atoms with Gasteiger partial charge in [0.25, 0.3) is 5.91 Å². The van der Waals surface area contributed by atoms with E-state index in [1.54, 1.807) is 6.92 Å². The van der Waals surface area contributed by atoms with Crippen molar-refractivity contribution < 1.29 is 4.79 Å². The number of nitrogens with one attached hydrogen (secondary N) is 1. The predicted octanol–water partition coefficient (Wildman–Crippen LogP) is 2.46. The summed E-state index contributed by atoms with van der Waals surface area (Å²) in [6.45, 7) is 5.85. The van der Waals surface area contributed by atoms with Gasteiger partial charge in [-0.1, -0.05) is 0 Å². The predicted molar refractivity (Wildman–Crippen MR) is 73.8 cm³/mol. The van der Waals surface area contributed by atoms with Crippen LogP contribution in [-0.2, 0) is 0 Å². The molecule has 1 N–H and O–H groups in total. The average Bonchev–Trinajstić information content (AvgIpc) is 2.65. The van der Waals surface area contributed by atoms with E-state index >= 15 is 0 Å². The standard InChI is InChI=1S/C13H17BrN2O2/c1-7-4-5-8(2)16(7)13(18)10-6-15-9(3)11(14)12(10)17/h6-8H,4-5H2,1-3H3,(H,15,17). The van der Waals surface area contributed by atoms with Crippen LogP contribution in [0.1, 0.15) is 42.7 Å². The molecule has 2 atom stereocenters. The number of hydrogen-bond donors (Lipinski definition) is 1. The summed E-state index contributed by atoms with van der Waals surface area (Å²) in [7, 11) is 0. The average molecular weight is 313 g/mol. The fourth-order valence-electron chi connectivity index (χ4n) is 2.49. The number of nitrogens with zero attached hydrogens (tertiary/aromatic N) is 1. The fourth-order valence-corrected chi connectivity index (χ4v) is 2.82. The second-order valence-electron chi connectivity index (χ2n) is 4.96. The monoisotopic (exact) mass is 312 g/mol. The van der Waals surface area contributed by atoms with Gasteiger partial charge in [-0.2, -0.15) is 0 Å². The maximum atomic E-state index is 12.4. The minimum atomic E-state index is -0.234. The highest BCUT2D eigenvalue weighted by atomic mass is 79.9. The van der Waals surface area contributed by atoms with Gasteiger partial charge in [0, 0.05) is 24.0 Å². The lowest BCUT2D eigenvalue weighted by atomic mass is 10.2. The van der Waals surface area contributed by atoms with Crippen LogP contribution < -0.4 is 5.43 Å². The van der Waals surface area contributed by atoms with Crippen LogP contribution in [0.4, 0.5) is 0 Å². The van der Waals surface area contributed by atoms with Gasteiger partial charge in [-0.3, -0.25) is 9.59 Å². The number of likely N-dealkylation sites (tertiary alicyclic amines) is 1. The molecule has 98 valence electrons. The number of hydrogen-bond acceptors (Lipinski definition) is 2. The zero-order valence-corrected chi connectivity index (χ0v) is 12.4. The van der Waals surface area contributed by atoms with E-state index in [9.17, 15) is 9.59 Å². The smallest absolute Gasteiger partial charge is 0.259 e. The van der Waals surface area contributed by atoms with Crippen molar-refractivity contribution in [2.24, 2.45) is 0 Å². The molecule has 1 aliphatic rings. The molecular weight excluding hydrogens is 296 g/mol. The van der Waals surface area contributed by atoms with Gasteiger partial charge in [-0.15, -0.1) is 0 Å². The highest BCUT2D eigenvalue weighted by molar-refractivity contribution is 9.10. The van der Waals surface area contributed by atoms with E-state index in [4.69, 9.17) is 0 Å². The first-order chi connectivity index (χ1) is 8.43. The topological polar surface area (TPSA) is 53.2 Å². The lowest BCUT2D eigenvalue weighted by Gasteiger charge is -2.26. The van der Waals surface area contributed by atoms with Crippen molar-refractivity contribution in [3.63, 3.8) is 0 Å². The van der Waals surface area contributed by atoms with Crippen LogP contribution in [0.5, 0.6) is 0 Å². The molecule has 2 rings (SSSR count). The molecule has 1 aromatic rings. The van der Waals surface area contributed by atoms with Crippen molar-refractivity contribution in [2.75, 3.05) is 0 Å². The highest BCUT2D eigenvalue weighted by Gasteiger charge is 2.33. The van der Waals surface area contributed by atoms with E-state index in [0.29, 0.717) is 4.47 Å². The van der Waals surface area contributed by atoms with Gasteiger partial charge >= 0.3 is 0 Å². The van der Waals surface area contributed by atoms with Gasteiger partial charge in [-0.25, -0.2) is 0 Å². The summed E-state index contributed by atoms with van der Waals surface area (Å²) in [5, 5.41) is 0. The lowest BCUT2D eigenvalue weighted by Crippen LogP contribution is -2.40. The van der Waals surface area contributed by atoms with Gasteiger partial charge in [0.2, 0.25) is 5.43 Å². The van der Waals surface area contributed by atoms with Crippen molar-refractivity contribution >= 4 is 21.8 Å². The number of carbonyl (C=O) groups is 1. The Morgan fingerprint density at radius 2 is 1.94 bits per heavy atom. The van der Waals surface area contributed by atoms with Crippen LogP contribution in [0.2, 0.25) is 0 Å². The van der Waals surface area contributed by atoms with Crippen LogP contribution in [-0.4, -0.2) is 27.9 Å². The van der Waals surface area contributed by atoms with Crippen molar-refractivity contribution in [3.05, 3.63) is 32.2 Å². The maximum Gasteiger partial charge on any atom is 0.259 e. The maximum absolute atomic E-state index is 12.4. The van der Waals surface area contributed by atoms with E-state index < -0.39 is 0 Å². The molecule has 1 saturated heterocycles.